The summed E-state index contributed by atoms with van der Waals surface area (Å²) in [6.07, 6.45) is 3.36. The van der Waals surface area contributed by atoms with Gasteiger partial charge in [0, 0.05) is 45.6 Å². The Labute approximate surface area is 131 Å². The van der Waals surface area contributed by atoms with Crippen LogP contribution >= 0.6 is 0 Å². The fourth-order valence-corrected chi connectivity index (χ4v) is 3.57. The molecule has 0 spiro atoms. The molecule has 1 aliphatic rings. The van der Waals surface area contributed by atoms with Crippen molar-refractivity contribution in [3.05, 3.63) is 24.0 Å². The van der Waals surface area contributed by atoms with E-state index in [0.717, 1.165) is 4.31 Å². The van der Waals surface area contributed by atoms with E-state index in [1.807, 2.05) is 13.8 Å². The summed E-state index contributed by atoms with van der Waals surface area (Å²) >= 11 is 0. The SMILES string of the molecule is CC(C)[C@@H]1CN(C(=O)c2cc[nH]c2)C[C@H]1NS(=O)(=O)N(C)C. The number of carbonyl (C=O) groups is 1. The Morgan fingerprint density at radius 2 is 2.09 bits per heavy atom. The smallest absolute Gasteiger partial charge is 0.279 e. The predicted molar refractivity (Wildman–Crippen MR) is 84.6 cm³/mol. The fraction of sp³-hybridized carbons (Fsp3) is 0.643. The van der Waals surface area contributed by atoms with Gasteiger partial charge >= 0.3 is 0 Å². The number of carbonyl (C=O) groups excluding carboxylic acids is 1. The van der Waals surface area contributed by atoms with Crippen LogP contribution in [0.1, 0.15) is 24.2 Å². The lowest BCUT2D eigenvalue weighted by Gasteiger charge is -2.24. The first-order chi connectivity index (χ1) is 10.2. The Kier molecular flexibility index (Phi) is 4.93. The van der Waals surface area contributed by atoms with Gasteiger partial charge in [-0.3, -0.25) is 4.79 Å². The molecule has 8 heteroatoms. The van der Waals surface area contributed by atoms with Gasteiger partial charge in [0.25, 0.3) is 16.1 Å². The second kappa shape index (κ2) is 6.39. The zero-order valence-electron chi connectivity index (χ0n) is 13.4. The average Bonchev–Trinajstić information content (AvgIpc) is 3.05. The third kappa shape index (κ3) is 3.50. The van der Waals surface area contributed by atoms with Gasteiger partial charge in [0.15, 0.2) is 0 Å². The van der Waals surface area contributed by atoms with Gasteiger partial charge in [-0.2, -0.15) is 17.4 Å². The van der Waals surface area contributed by atoms with Crippen LogP contribution in [0.25, 0.3) is 0 Å². The van der Waals surface area contributed by atoms with Gasteiger partial charge in [-0.25, -0.2) is 0 Å². The first kappa shape index (κ1) is 17.0. The van der Waals surface area contributed by atoms with Crippen molar-refractivity contribution in [1.29, 1.82) is 0 Å². The van der Waals surface area contributed by atoms with Gasteiger partial charge in [-0.15, -0.1) is 0 Å². The summed E-state index contributed by atoms with van der Waals surface area (Å²) in [5, 5.41) is 0. The number of nitrogens with one attached hydrogen (secondary N) is 2. The van der Waals surface area contributed by atoms with Crippen LogP contribution < -0.4 is 4.72 Å². The Balaban J connectivity index is 2.15. The summed E-state index contributed by atoms with van der Waals surface area (Å²) in [5.74, 6) is 0.301. The van der Waals surface area contributed by atoms with E-state index < -0.39 is 10.2 Å². The number of aromatic amines is 1. The van der Waals surface area contributed by atoms with Crippen LogP contribution in [0.4, 0.5) is 0 Å². The Bertz CT molecular complexity index is 610. The second-order valence-corrected chi connectivity index (χ2v) is 8.15. The minimum absolute atomic E-state index is 0.0709. The first-order valence-corrected chi connectivity index (χ1v) is 8.78. The van der Waals surface area contributed by atoms with Gasteiger partial charge < -0.3 is 9.88 Å². The zero-order chi connectivity index (χ0) is 16.5. The summed E-state index contributed by atoms with van der Waals surface area (Å²) in [6, 6.07) is 1.46. The highest BCUT2D eigenvalue weighted by Gasteiger charge is 2.39. The van der Waals surface area contributed by atoms with E-state index >= 15 is 0 Å². The molecule has 1 aromatic rings. The van der Waals surface area contributed by atoms with Crippen LogP contribution in [0.3, 0.4) is 0 Å². The van der Waals surface area contributed by atoms with E-state index in [1.165, 1.54) is 14.1 Å². The van der Waals surface area contributed by atoms with Gasteiger partial charge in [-0.1, -0.05) is 13.8 Å². The summed E-state index contributed by atoms with van der Waals surface area (Å²) in [5.41, 5.74) is 0.596. The van der Waals surface area contributed by atoms with Crippen molar-refractivity contribution in [3.8, 4) is 0 Å². The number of rotatable bonds is 5. The number of H-pyrrole nitrogens is 1. The number of amides is 1. The third-order valence-electron chi connectivity index (χ3n) is 4.13. The molecule has 124 valence electrons. The average molecular weight is 328 g/mol. The van der Waals surface area contributed by atoms with Crippen molar-refractivity contribution < 1.29 is 13.2 Å². The molecule has 1 fully saturated rings. The minimum atomic E-state index is -3.51. The first-order valence-electron chi connectivity index (χ1n) is 7.34. The lowest BCUT2D eigenvalue weighted by molar-refractivity contribution is 0.0783. The maximum Gasteiger partial charge on any atom is 0.279 e. The number of hydrogen-bond acceptors (Lipinski definition) is 3. The Hall–Kier alpha value is -1.38. The maximum absolute atomic E-state index is 12.4. The van der Waals surface area contributed by atoms with Crippen LogP contribution in [0.2, 0.25) is 0 Å². The van der Waals surface area contributed by atoms with Crippen molar-refractivity contribution in [2.24, 2.45) is 11.8 Å². The van der Waals surface area contributed by atoms with E-state index in [0.29, 0.717) is 18.7 Å². The molecule has 22 heavy (non-hydrogen) atoms. The molecular weight excluding hydrogens is 304 g/mol. The van der Waals surface area contributed by atoms with E-state index in [1.54, 1.807) is 23.4 Å². The molecule has 0 aromatic carbocycles. The molecule has 2 heterocycles. The third-order valence-corrected chi connectivity index (χ3v) is 5.70. The van der Waals surface area contributed by atoms with Gasteiger partial charge in [0.05, 0.1) is 5.56 Å². The maximum atomic E-state index is 12.4. The van der Waals surface area contributed by atoms with Gasteiger partial charge in [0.2, 0.25) is 0 Å². The van der Waals surface area contributed by atoms with Crippen molar-refractivity contribution in [2.75, 3.05) is 27.2 Å². The number of nitrogens with zero attached hydrogens (tertiary/aromatic N) is 2. The van der Waals surface area contributed by atoms with Crippen molar-refractivity contribution in [3.63, 3.8) is 0 Å². The van der Waals surface area contributed by atoms with Crippen molar-refractivity contribution in [1.82, 2.24) is 18.9 Å². The van der Waals surface area contributed by atoms with Crippen LogP contribution in [-0.2, 0) is 10.2 Å². The fourth-order valence-electron chi connectivity index (χ4n) is 2.73. The summed E-state index contributed by atoms with van der Waals surface area (Å²) in [6.45, 7) is 5.04. The predicted octanol–water partition coefficient (Wildman–Crippen LogP) is 0.507. The molecule has 0 unspecified atom stereocenters. The number of aromatic nitrogens is 1. The van der Waals surface area contributed by atoms with E-state index in [9.17, 15) is 13.2 Å². The van der Waals surface area contributed by atoms with Crippen molar-refractivity contribution >= 4 is 16.1 Å². The highest BCUT2D eigenvalue weighted by molar-refractivity contribution is 7.87. The highest BCUT2D eigenvalue weighted by Crippen LogP contribution is 2.26. The Morgan fingerprint density at radius 3 is 2.59 bits per heavy atom. The van der Waals surface area contributed by atoms with Crippen molar-refractivity contribution in [2.45, 2.75) is 19.9 Å². The lowest BCUT2D eigenvalue weighted by Crippen LogP contribution is -2.46. The molecule has 7 nitrogen and oxygen atoms in total. The molecule has 1 aliphatic heterocycles. The summed E-state index contributed by atoms with van der Waals surface area (Å²) in [4.78, 5) is 17.0. The molecule has 2 atom stereocenters. The molecule has 0 bridgehead atoms. The molecule has 1 saturated heterocycles. The van der Waals surface area contributed by atoms with E-state index in [-0.39, 0.29) is 23.8 Å². The molecule has 2 rings (SSSR count). The molecule has 1 aromatic heterocycles. The largest absolute Gasteiger partial charge is 0.367 e. The topological polar surface area (TPSA) is 85.5 Å². The van der Waals surface area contributed by atoms with Gasteiger partial charge in [-0.05, 0) is 17.9 Å². The second-order valence-electron chi connectivity index (χ2n) is 6.23. The monoisotopic (exact) mass is 328 g/mol. The standard InChI is InChI=1S/C14H24N4O3S/c1-10(2)12-8-18(14(19)11-5-6-15-7-11)9-13(12)16-22(20,21)17(3)4/h5-7,10,12-13,15-16H,8-9H2,1-4H3/t12-,13+/m0/s1. The molecule has 1 amide bonds. The molecular formula is C14H24N4O3S. The number of likely N-dealkylation sites (tertiary alicyclic amines) is 1. The van der Waals surface area contributed by atoms with Crippen LogP contribution in [0.15, 0.2) is 18.5 Å². The van der Waals surface area contributed by atoms with E-state index in [4.69, 9.17) is 0 Å². The highest BCUT2D eigenvalue weighted by atomic mass is 32.2. The van der Waals surface area contributed by atoms with Crippen LogP contribution in [0, 0.1) is 11.8 Å². The Morgan fingerprint density at radius 1 is 1.41 bits per heavy atom. The molecule has 0 radical (unpaired) electrons. The summed E-state index contributed by atoms with van der Waals surface area (Å²) < 4.78 is 28.0. The van der Waals surface area contributed by atoms with E-state index in [2.05, 4.69) is 9.71 Å². The normalized spacial score (nSPS) is 22.7. The molecule has 0 saturated carbocycles. The quantitative estimate of drug-likeness (QED) is 0.826. The zero-order valence-corrected chi connectivity index (χ0v) is 14.2. The minimum Gasteiger partial charge on any atom is -0.367 e. The molecule has 0 aliphatic carbocycles. The molecule has 2 N–H and O–H groups in total. The van der Waals surface area contributed by atoms with Gasteiger partial charge in [0.1, 0.15) is 0 Å². The summed E-state index contributed by atoms with van der Waals surface area (Å²) in [7, 11) is -0.531. The van der Waals surface area contributed by atoms with Crippen LogP contribution in [0.5, 0.6) is 0 Å². The lowest BCUT2D eigenvalue weighted by atomic mass is 9.92. The van der Waals surface area contributed by atoms with Crippen LogP contribution in [-0.4, -0.2) is 61.7 Å². The number of hydrogen-bond donors (Lipinski definition) is 2.